The summed E-state index contributed by atoms with van der Waals surface area (Å²) < 4.78 is 2.18. The van der Waals surface area contributed by atoms with Gasteiger partial charge in [0.15, 0.2) is 0 Å². The lowest BCUT2D eigenvalue weighted by Crippen LogP contribution is -2.08. The van der Waals surface area contributed by atoms with Gasteiger partial charge in [0.25, 0.3) is 0 Å². The summed E-state index contributed by atoms with van der Waals surface area (Å²) in [4.78, 5) is 0. The fourth-order valence-corrected chi connectivity index (χ4v) is 5.16. The van der Waals surface area contributed by atoms with Gasteiger partial charge in [-0.2, -0.15) is 5.10 Å². The maximum atomic E-state index is 5.13. The Labute approximate surface area is 165 Å². The van der Waals surface area contributed by atoms with E-state index in [1.807, 2.05) is 0 Å². The molecule has 0 spiro atoms. The lowest BCUT2D eigenvalue weighted by atomic mass is 9.84. The smallest absolute Gasteiger partial charge is 0.0737 e. The molecule has 0 radical (unpaired) electrons. The molecule has 0 bridgehead atoms. The predicted molar refractivity (Wildman–Crippen MR) is 116 cm³/mol. The van der Waals surface area contributed by atoms with Crippen molar-refractivity contribution in [2.45, 2.75) is 85.5 Å². The number of hydrogen-bond acceptors (Lipinski definition) is 1. The Kier molecular flexibility index (Phi) is 6.24. The number of benzene rings is 1. The Bertz CT molecular complexity index is 815. The third-order valence-corrected chi connectivity index (χ3v) is 6.04. The third-order valence-electron chi connectivity index (χ3n) is 6.04. The van der Waals surface area contributed by atoms with Crippen LogP contribution < -0.4 is 0 Å². The molecule has 3 rings (SSSR count). The topological polar surface area (TPSA) is 17.8 Å². The van der Waals surface area contributed by atoms with Crippen LogP contribution >= 0.6 is 0 Å². The highest BCUT2D eigenvalue weighted by Gasteiger charge is 2.29. The van der Waals surface area contributed by atoms with E-state index in [-0.39, 0.29) is 0 Å². The Balaban J connectivity index is 2.17. The van der Waals surface area contributed by atoms with E-state index in [2.05, 4.69) is 64.6 Å². The summed E-state index contributed by atoms with van der Waals surface area (Å²) >= 11 is 0. The molecule has 0 saturated heterocycles. The summed E-state index contributed by atoms with van der Waals surface area (Å²) in [6, 6.07) is 4.69. The van der Waals surface area contributed by atoms with Gasteiger partial charge in [0, 0.05) is 18.5 Å². The van der Waals surface area contributed by atoms with Crippen molar-refractivity contribution in [3.63, 3.8) is 0 Å². The van der Waals surface area contributed by atoms with Crippen LogP contribution in [0.1, 0.15) is 97.5 Å². The van der Waals surface area contributed by atoms with Crippen molar-refractivity contribution < 1.29 is 0 Å². The molecule has 1 unspecified atom stereocenters. The van der Waals surface area contributed by atoms with E-state index in [0.717, 1.165) is 12.8 Å². The Morgan fingerprint density at radius 1 is 1.15 bits per heavy atom. The van der Waals surface area contributed by atoms with Crippen LogP contribution in [0.2, 0.25) is 0 Å². The largest absolute Gasteiger partial charge is 0.268 e. The van der Waals surface area contributed by atoms with Crippen molar-refractivity contribution in [2.75, 3.05) is 0 Å². The van der Waals surface area contributed by atoms with Gasteiger partial charge in [-0.3, -0.25) is 4.68 Å². The first-order valence-electron chi connectivity index (χ1n) is 10.8. The van der Waals surface area contributed by atoms with E-state index >= 15 is 0 Å². The summed E-state index contributed by atoms with van der Waals surface area (Å²) in [6.07, 6.45) is 10.8. The van der Waals surface area contributed by atoms with E-state index in [9.17, 15) is 0 Å². The number of aromatic nitrogens is 2. The Hall–Kier alpha value is -1.83. The van der Waals surface area contributed by atoms with Crippen molar-refractivity contribution in [3.8, 4) is 0 Å². The highest BCUT2D eigenvalue weighted by Crippen LogP contribution is 2.41. The molecule has 146 valence electrons. The second-order valence-electron chi connectivity index (χ2n) is 8.33. The monoisotopic (exact) mass is 364 g/mol. The highest BCUT2D eigenvalue weighted by molar-refractivity contribution is 5.67. The lowest BCUT2D eigenvalue weighted by Gasteiger charge is -2.20. The van der Waals surface area contributed by atoms with Crippen LogP contribution in [-0.4, -0.2) is 9.78 Å². The van der Waals surface area contributed by atoms with Crippen LogP contribution in [0.15, 0.2) is 18.2 Å². The molecule has 2 heteroatoms. The van der Waals surface area contributed by atoms with E-state index in [1.165, 1.54) is 76.9 Å². The van der Waals surface area contributed by atoms with Crippen molar-refractivity contribution in [3.05, 3.63) is 57.4 Å². The van der Waals surface area contributed by atoms with Crippen molar-refractivity contribution in [1.82, 2.24) is 9.78 Å². The third kappa shape index (κ3) is 3.90. The van der Waals surface area contributed by atoms with Crippen LogP contribution in [0, 0.1) is 20.8 Å². The first kappa shape index (κ1) is 19.9. The minimum Gasteiger partial charge on any atom is -0.268 e. The average molecular weight is 365 g/mol. The molecule has 27 heavy (non-hydrogen) atoms. The van der Waals surface area contributed by atoms with E-state index < -0.39 is 0 Å². The molecule has 1 aromatic heterocycles. The molecule has 1 aliphatic carbocycles. The quantitative estimate of drug-likeness (QED) is 0.534. The minimum absolute atomic E-state index is 0.438. The highest BCUT2D eigenvalue weighted by atomic mass is 15.3. The van der Waals surface area contributed by atoms with Crippen LogP contribution in [-0.2, 0) is 13.5 Å². The second kappa shape index (κ2) is 8.46. The number of nitrogens with zero attached hydrogens (tertiary/aromatic N) is 2. The van der Waals surface area contributed by atoms with Crippen molar-refractivity contribution in [1.29, 1.82) is 0 Å². The van der Waals surface area contributed by atoms with Crippen LogP contribution in [0.3, 0.4) is 0 Å². The zero-order valence-electron chi connectivity index (χ0n) is 18.2. The summed E-state index contributed by atoms with van der Waals surface area (Å²) in [5, 5.41) is 5.13. The average Bonchev–Trinajstić information content (AvgIpc) is 2.79. The number of aryl methyl sites for hydroxylation is 4. The first-order chi connectivity index (χ1) is 13.0. The van der Waals surface area contributed by atoms with Gasteiger partial charge in [0.05, 0.1) is 11.4 Å². The fraction of sp³-hybridized carbons (Fsp3) is 0.560. The second-order valence-corrected chi connectivity index (χ2v) is 8.33. The van der Waals surface area contributed by atoms with Crippen LogP contribution in [0.25, 0.3) is 5.57 Å². The molecule has 0 N–H and O–H groups in total. The number of hydrogen-bond donors (Lipinski definition) is 0. The van der Waals surface area contributed by atoms with Gasteiger partial charge in [-0.05, 0) is 75.1 Å². The minimum atomic E-state index is 0.438. The molecule has 0 saturated carbocycles. The number of rotatable bonds is 5. The standard InChI is InChI=1S/C25H36N2/c1-7-11-20(12-8-2)25-22-14-10-9-13-21(24(22)26-27(25)6)23-18(4)15-17(3)16-19(23)5/h11,15-16,21H,7-10,12-14H2,1-6H3/b20-11+. The van der Waals surface area contributed by atoms with Crippen LogP contribution in [0.5, 0.6) is 0 Å². The Morgan fingerprint density at radius 2 is 1.85 bits per heavy atom. The number of allylic oxidation sites excluding steroid dienone is 2. The summed E-state index contributed by atoms with van der Waals surface area (Å²) in [7, 11) is 2.15. The Morgan fingerprint density at radius 3 is 2.48 bits per heavy atom. The number of fused-ring (bicyclic) bond motifs is 1. The zero-order valence-corrected chi connectivity index (χ0v) is 18.2. The van der Waals surface area contributed by atoms with Gasteiger partial charge in [0.2, 0.25) is 0 Å². The SMILES string of the molecule is CC/C=C(\CCC)c1c2c(nn1C)C(c1c(C)cc(C)cc1C)CCCC2. The maximum Gasteiger partial charge on any atom is 0.0737 e. The van der Waals surface area contributed by atoms with Gasteiger partial charge in [-0.25, -0.2) is 0 Å². The summed E-state index contributed by atoms with van der Waals surface area (Å²) in [6.45, 7) is 11.3. The zero-order chi connectivity index (χ0) is 19.6. The molecule has 0 amide bonds. The molecule has 1 aliphatic rings. The predicted octanol–water partition coefficient (Wildman–Crippen LogP) is 6.80. The molecule has 1 heterocycles. The molecular weight excluding hydrogens is 328 g/mol. The van der Waals surface area contributed by atoms with E-state index in [0.29, 0.717) is 5.92 Å². The summed E-state index contributed by atoms with van der Waals surface area (Å²) in [5.41, 5.74) is 11.5. The van der Waals surface area contributed by atoms with Gasteiger partial charge in [-0.15, -0.1) is 0 Å². The first-order valence-corrected chi connectivity index (χ1v) is 10.8. The van der Waals surface area contributed by atoms with Gasteiger partial charge >= 0.3 is 0 Å². The lowest BCUT2D eigenvalue weighted by molar-refractivity contribution is 0.621. The van der Waals surface area contributed by atoms with Gasteiger partial charge < -0.3 is 0 Å². The van der Waals surface area contributed by atoms with Crippen molar-refractivity contribution in [2.24, 2.45) is 7.05 Å². The van der Waals surface area contributed by atoms with Crippen LogP contribution in [0.4, 0.5) is 0 Å². The molecular formula is C25H36N2. The molecule has 1 atom stereocenters. The maximum absolute atomic E-state index is 5.13. The molecule has 1 aromatic carbocycles. The molecule has 0 fully saturated rings. The van der Waals surface area contributed by atoms with Gasteiger partial charge in [-0.1, -0.05) is 50.5 Å². The van der Waals surface area contributed by atoms with E-state index in [1.54, 1.807) is 0 Å². The van der Waals surface area contributed by atoms with Crippen molar-refractivity contribution >= 4 is 5.57 Å². The molecule has 2 nitrogen and oxygen atoms in total. The van der Waals surface area contributed by atoms with E-state index in [4.69, 9.17) is 5.10 Å². The fourth-order valence-electron chi connectivity index (χ4n) is 5.16. The normalized spacial score (nSPS) is 17.7. The molecule has 2 aromatic rings. The summed E-state index contributed by atoms with van der Waals surface area (Å²) in [5.74, 6) is 0.438. The molecule has 0 aliphatic heterocycles. The van der Waals surface area contributed by atoms with Gasteiger partial charge in [0.1, 0.15) is 0 Å².